The molecule has 0 radical (unpaired) electrons. The van der Waals surface area contributed by atoms with Crippen LogP contribution in [-0.4, -0.2) is 63.8 Å². The number of allylic oxidation sites excluding steroid dienone is 1. The van der Waals surface area contributed by atoms with E-state index < -0.39 is 29.4 Å². The van der Waals surface area contributed by atoms with Crippen molar-refractivity contribution in [2.24, 2.45) is 11.7 Å². The van der Waals surface area contributed by atoms with Gasteiger partial charge in [-0.05, 0) is 61.3 Å². The van der Waals surface area contributed by atoms with E-state index in [4.69, 9.17) is 9.47 Å². The Bertz CT molecular complexity index is 629. The summed E-state index contributed by atoms with van der Waals surface area (Å²) in [7, 11) is 0. The highest BCUT2D eigenvalue weighted by Gasteiger charge is 2.49. The minimum Gasteiger partial charge on any atom is -0.459 e. The van der Waals surface area contributed by atoms with E-state index in [2.05, 4.69) is 5.73 Å². The predicted octanol–water partition coefficient (Wildman–Crippen LogP) is 2.57. The fraction of sp³-hybridized carbons (Fsp3) is 0.783. The maximum absolute atomic E-state index is 12.9. The van der Waals surface area contributed by atoms with Gasteiger partial charge in [-0.1, -0.05) is 19.1 Å². The molecule has 0 bridgehead atoms. The van der Waals surface area contributed by atoms with E-state index in [9.17, 15) is 19.5 Å². The molecule has 180 valence electrons. The second-order valence-corrected chi connectivity index (χ2v) is 9.82. The molecule has 0 saturated carbocycles. The number of ether oxygens (including phenoxy) is 2. The number of β-amino-alcohol motifs (C(OH)–C–C–N with tert-alkyl or cyclic N) is 1. The summed E-state index contributed by atoms with van der Waals surface area (Å²) in [5, 5.41) is 10.2. The number of carbonyl (C=O) groups is 3. The molecular formula is C23H42N2O6. The largest absolute Gasteiger partial charge is 0.459 e. The molecular weight excluding hydrogens is 400 g/mol. The molecule has 0 aliphatic carbocycles. The number of carbonyl (C=O) groups excluding carboxylic acids is 3. The first-order valence-corrected chi connectivity index (χ1v) is 10.8. The number of esters is 2. The number of likely N-dealkylation sites (tertiary alicyclic amines) is 1. The third-order valence-corrected chi connectivity index (χ3v) is 4.32. The highest BCUT2D eigenvalue weighted by atomic mass is 16.6. The van der Waals surface area contributed by atoms with Crippen LogP contribution in [0.25, 0.3) is 0 Å². The molecule has 1 saturated heterocycles. The first-order valence-electron chi connectivity index (χ1n) is 10.8. The van der Waals surface area contributed by atoms with Crippen molar-refractivity contribution in [3.05, 3.63) is 12.2 Å². The molecule has 0 aromatic heterocycles. The van der Waals surface area contributed by atoms with Crippen molar-refractivity contribution in [2.75, 3.05) is 6.54 Å². The normalized spacial score (nSPS) is 23.1. The molecule has 1 amide bonds. The van der Waals surface area contributed by atoms with Crippen LogP contribution < -0.4 is 5.73 Å². The first-order chi connectivity index (χ1) is 14.0. The molecule has 31 heavy (non-hydrogen) atoms. The number of nitrogens with two attached hydrogens (primary N) is 1. The van der Waals surface area contributed by atoms with Gasteiger partial charge in [0.2, 0.25) is 5.91 Å². The van der Waals surface area contributed by atoms with Crippen LogP contribution in [0.5, 0.6) is 0 Å². The van der Waals surface area contributed by atoms with Gasteiger partial charge in [-0.15, -0.1) is 0 Å². The van der Waals surface area contributed by atoms with Gasteiger partial charge in [0.25, 0.3) is 0 Å². The molecule has 1 aliphatic rings. The highest BCUT2D eigenvalue weighted by Crippen LogP contribution is 2.34. The molecule has 0 spiro atoms. The fourth-order valence-electron chi connectivity index (χ4n) is 3.28. The van der Waals surface area contributed by atoms with Gasteiger partial charge in [0, 0.05) is 19.4 Å². The summed E-state index contributed by atoms with van der Waals surface area (Å²) >= 11 is 0. The molecule has 4 atom stereocenters. The lowest BCUT2D eigenvalue weighted by atomic mass is 9.98. The van der Waals surface area contributed by atoms with Gasteiger partial charge in [-0.25, -0.2) is 0 Å². The molecule has 8 nitrogen and oxygen atoms in total. The maximum atomic E-state index is 12.9. The van der Waals surface area contributed by atoms with Crippen molar-refractivity contribution in [1.82, 2.24) is 4.90 Å². The van der Waals surface area contributed by atoms with Gasteiger partial charge in [0.1, 0.15) is 23.3 Å². The van der Waals surface area contributed by atoms with Crippen molar-refractivity contribution < 1.29 is 29.0 Å². The molecule has 1 heterocycles. The Balaban J connectivity index is 0.00000206. The SMILES string of the molecule is CC(N)=O.CC=C[C@@H]1C[C@H](C(=O)OC(C)(C)C)N(CC(O)CC)[C@H]1C(=O)OC(C)(C)C. The van der Waals surface area contributed by atoms with Gasteiger partial charge < -0.3 is 20.3 Å². The zero-order chi connectivity index (χ0) is 24.6. The fourth-order valence-corrected chi connectivity index (χ4v) is 3.28. The number of aliphatic hydroxyl groups excluding tert-OH is 1. The van der Waals surface area contributed by atoms with Crippen LogP contribution >= 0.6 is 0 Å². The first kappa shape index (κ1) is 29.1. The number of rotatable bonds is 6. The summed E-state index contributed by atoms with van der Waals surface area (Å²) in [6, 6.07) is -1.22. The number of hydrogen-bond acceptors (Lipinski definition) is 7. The number of hydrogen-bond donors (Lipinski definition) is 2. The molecule has 1 aliphatic heterocycles. The van der Waals surface area contributed by atoms with Crippen molar-refractivity contribution in [1.29, 1.82) is 0 Å². The molecule has 0 aromatic rings. The predicted molar refractivity (Wildman–Crippen MR) is 120 cm³/mol. The summed E-state index contributed by atoms with van der Waals surface area (Å²) in [6.07, 6.45) is 4.18. The minimum atomic E-state index is -0.635. The molecule has 0 aromatic carbocycles. The lowest BCUT2D eigenvalue weighted by Crippen LogP contribution is -2.51. The molecule has 8 heteroatoms. The Hall–Kier alpha value is -1.93. The lowest BCUT2D eigenvalue weighted by molar-refractivity contribution is -0.166. The summed E-state index contributed by atoms with van der Waals surface area (Å²) in [5.41, 5.74) is 3.23. The highest BCUT2D eigenvalue weighted by molar-refractivity contribution is 5.82. The third-order valence-electron chi connectivity index (χ3n) is 4.32. The van der Waals surface area contributed by atoms with Crippen LogP contribution in [0.4, 0.5) is 0 Å². The van der Waals surface area contributed by atoms with Gasteiger partial charge in [0.05, 0.1) is 6.10 Å². The average molecular weight is 443 g/mol. The smallest absolute Gasteiger partial charge is 0.324 e. The van der Waals surface area contributed by atoms with Gasteiger partial charge in [-0.2, -0.15) is 0 Å². The standard InChI is InChI=1S/C21H37NO5.C2H5NO/c1-9-11-14-12-16(18(24)26-20(3,4)5)22(13-15(23)10-2)17(14)19(25)27-21(6,7)8;1-2(3)4/h9,11,14-17,23H,10,12-13H2,1-8H3;1H3,(H2,3,4)/t14-,15?,16-,17-;/m1./s1. The van der Waals surface area contributed by atoms with Crippen molar-refractivity contribution in [3.63, 3.8) is 0 Å². The van der Waals surface area contributed by atoms with Gasteiger partial charge >= 0.3 is 11.9 Å². The third kappa shape index (κ3) is 11.3. The summed E-state index contributed by atoms with van der Waals surface area (Å²) < 4.78 is 11.2. The number of nitrogens with zero attached hydrogens (tertiary/aromatic N) is 1. The Kier molecular flexibility index (Phi) is 11.4. The maximum Gasteiger partial charge on any atom is 0.324 e. The monoisotopic (exact) mass is 442 g/mol. The second kappa shape index (κ2) is 12.2. The number of amides is 1. The van der Waals surface area contributed by atoms with Crippen LogP contribution in [0.3, 0.4) is 0 Å². The van der Waals surface area contributed by atoms with Crippen LogP contribution in [0.15, 0.2) is 12.2 Å². The minimum absolute atomic E-state index is 0.175. The quantitative estimate of drug-likeness (QED) is 0.479. The molecule has 1 rings (SSSR count). The summed E-state index contributed by atoms with van der Waals surface area (Å²) in [4.78, 5) is 36.8. The molecule has 3 N–H and O–H groups in total. The second-order valence-electron chi connectivity index (χ2n) is 9.82. The number of aliphatic hydroxyl groups is 1. The van der Waals surface area contributed by atoms with Crippen LogP contribution in [0.2, 0.25) is 0 Å². The van der Waals surface area contributed by atoms with Crippen LogP contribution in [0.1, 0.15) is 75.2 Å². The van der Waals surface area contributed by atoms with E-state index >= 15 is 0 Å². The molecule has 1 unspecified atom stereocenters. The van der Waals surface area contributed by atoms with Gasteiger partial charge in [0.15, 0.2) is 0 Å². The van der Waals surface area contributed by atoms with Crippen molar-refractivity contribution >= 4 is 17.8 Å². The van der Waals surface area contributed by atoms with Gasteiger partial charge in [-0.3, -0.25) is 19.3 Å². The zero-order valence-electron chi connectivity index (χ0n) is 20.6. The Labute approximate surface area is 187 Å². The van der Waals surface area contributed by atoms with Crippen LogP contribution in [0, 0.1) is 5.92 Å². The average Bonchev–Trinajstić information content (AvgIpc) is 2.89. The van der Waals surface area contributed by atoms with E-state index in [0.29, 0.717) is 12.8 Å². The Morgan fingerprint density at radius 1 is 1.10 bits per heavy atom. The summed E-state index contributed by atoms with van der Waals surface area (Å²) in [6.45, 7) is 16.2. The van der Waals surface area contributed by atoms with E-state index in [1.165, 1.54) is 6.92 Å². The van der Waals surface area contributed by atoms with E-state index in [0.717, 1.165) is 0 Å². The Morgan fingerprint density at radius 3 is 1.94 bits per heavy atom. The lowest BCUT2D eigenvalue weighted by Gasteiger charge is -2.33. The Morgan fingerprint density at radius 2 is 1.55 bits per heavy atom. The van der Waals surface area contributed by atoms with E-state index in [1.807, 2.05) is 67.5 Å². The van der Waals surface area contributed by atoms with Crippen molar-refractivity contribution in [2.45, 2.75) is 105 Å². The van der Waals surface area contributed by atoms with E-state index in [-0.39, 0.29) is 30.3 Å². The van der Waals surface area contributed by atoms with Crippen LogP contribution in [-0.2, 0) is 23.9 Å². The summed E-state index contributed by atoms with van der Waals surface area (Å²) in [5.74, 6) is -1.25. The van der Waals surface area contributed by atoms with E-state index in [1.54, 1.807) is 4.90 Å². The molecule has 1 fully saturated rings. The zero-order valence-corrected chi connectivity index (χ0v) is 20.6. The van der Waals surface area contributed by atoms with Crippen molar-refractivity contribution in [3.8, 4) is 0 Å². The topological polar surface area (TPSA) is 119 Å². The number of primary amides is 1.